The van der Waals surface area contributed by atoms with Crippen LogP contribution in [0.2, 0.25) is 0 Å². The lowest BCUT2D eigenvalue weighted by atomic mass is 9.58. The zero-order valence-corrected chi connectivity index (χ0v) is 34.7. The molecule has 4 N–H and O–H groups in total. The number of phenolic OH excluding ortho intramolecular Hbond substituents is 4. The summed E-state index contributed by atoms with van der Waals surface area (Å²) in [6.45, 7) is 2.30. The van der Waals surface area contributed by atoms with Gasteiger partial charge in [-0.25, -0.2) is 0 Å². The monoisotopic (exact) mass is 769 g/mol. The van der Waals surface area contributed by atoms with Crippen LogP contribution in [0.25, 0.3) is 0 Å². The van der Waals surface area contributed by atoms with Crippen LogP contribution in [0, 0.1) is 0 Å². The number of hydrogen-bond donors (Lipinski definition) is 4. The van der Waals surface area contributed by atoms with E-state index in [1.54, 1.807) is 0 Å². The molecule has 0 spiro atoms. The van der Waals surface area contributed by atoms with Gasteiger partial charge < -0.3 is 20.4 Å². The van der Waals surface area contributed by atoms with Gasteiger partial charge in [0.05, 0.1) is 0 Å². The van der Waals surface area contributed by atoms with Crippen LogP contribution in [-0.4, -0.2) is 20.4 Å². The highest BCUT2D eigenvalue weighted by molar-refractivity contribution is 5.57. The second kappa shape index (κ2) is 17.9. The van der Waals surface area contributed by atoms with Crippen molar-refractivity contribution in [2.75, 3.05) is 0 Å². The Morgan fingerprint density at radius 3 is 1.04 bits per heavy atom. The Kier molecular flexibility index (Phi) is 12.5. The van der Waals surface area contributed by atoms with Gasteiger partial charge in [-0.15, -0.1) is 0 Å². The lowest BCUT2D eigenvalue weighted by molar-refractivity contribution is 0.390. The van der Waals surface area contributed by atoms with Crippen molar-refractivity contribution >= 4 is 0 Å². The van der Waals surface area contributed by atoms with E-state index in [1.807, 2.05) is 24.3 Å². The quantitative estimate of drug-likeness (QED) is 0.122. The smallest absolute Gasteiger partial charge is 0.119 e. The summed E-state index contributed by atoms with van der Waals surface area (Å²) in [5.41, 5.74) is 8.44. The van der Waals surface area contributed by atoms with E-state index in [0.29, 0.717) is 46.7 Å². The van der Waals surface area contributed by atoms with Crippen molar-refractivity contribution in [2.24, 2.45) is 0 Å². The van der Waals surface area contributed by atoms with Gasteiger partial charge in [-0.05, 0) is 150 Å². The molecule has 304 valence electrons. The molecule has 4 aliphatic rings. The van der Waals surface area contributed by atoms with Crippen molar-refractivity contribution in [3.05, 3.63) is 117 Å². The van der Waals surface area contributed by atoms with Crippen molar-refractivity contribution in [3.63, 3.8) is 0 Å². The fourth-order valence-electron chi connectivity index (χ4n) is 12.2. The highest BCUT2D eigenvalue weighted by Crippen LogP contribution is 2.56. The molecule has 0 unspecified atom stereocenters. The summed E-state index contributed by atoms with van der Waals surface area (Å²) < 4.78 is 0. The van der Waals surface area contributed by atoms with E-state index in [2.05, 4.69) is 55.5 Å². The van der Waals surface area contributed by atoms with Gasteiger partial charge >= 0.3 is 0 Å². The molecule has 0 radical (unpaired) electrons. The SMILES string of the molecule is CCCC(c1ccc(O)c(C2CCCCC2)c1)(c1ccc(O)c(C2CCCCC2)c1)C(c1ccc(O)c(C2CCCCC2)c1)c1ccc(O)c(C2CCCCC2)c1. The molecule has 57 heavy (non-hydrogen) atoms. The maximum Gasteiger partial charge on any atom is 0.119 e. The predicted molar refractivity (Wildman–Crippen MR) is 233 cm³/mol. The standard InChI is InChI=1S/C53H68O4/c1-2-31-53(42-25-29-50(56)46(34-42)38-19-11-5-12-20-38,43-26-30-51(57)47(35-43)39-21-13-6-14-22-39)52(40-23-27-48(54)44(32-40)36-15-7-3-8-16-36)41-24-28-49(55)45(33-41)37-17-9-4-10-18-37/h23-30,32-39,52,54-57H,2-22,31H2,1H3. The van der Waals surface area contributed by atoms with Crippen molar-refractivity contribution in [3.8, 4) is 23.0 Å². The van der Waals surface area contributed by atoms with Crippen LogP contribution < -0.4 is 0 Å². The molecule has 0 aromatic heterocycles. The first-order valence-electron chi connectivity index (χ1n) is 23.2. The van der Waals surface area contributed by atoms with Gasteiger partial charge in [-0.3, -0.25) is 0 Å². The van der Waals surface area contributed by atoms with Gasteiger partial charge in [0.25, 0.3) is 0 Å². The Morgan fingerprint density at radius 2 is 0.719 bits per heavy atom. The normalized spacial score (nSPS) is 19.6. The van der Waals surface area contributed by atoms with Crippen molar-refractivity contribution in [1.29, 1.82) is 0 Å². The second-order valence-electron chi connectivity index (χ2n) is 18.7. The minimum atomic E-state index is -0.593. The molecular formula is C53H68O4. The summed E-state index contributed by atoms with van der Waals surface area (Å²) in [4.78, 5) is 0. The Hall–Kier alpha value is -3.92. The van der Waals surface area contributed by atoms with Crippen molar-refractivity contribution < 1.29 is 20.4 Å². The van der Waals surface area contributed by atoms with Crippen LogP contribution in [0.3, 0.4) is 0 Å². The van der Waals surface area contributed by atoms with E-state index in [0.717, 1.165) is 86.5 Å². The summed E-state index contributed by atoms with van der Waals surface area (Å²) in [5.74, 6) is 2.73. The van der Waals surface area contributed by atoms with Gasteiger partial charge in [0.2, 0.25) is 0 Å². The van der Waals surface area contributed by atoms with E-state index < -0.39 is 5.41 Å². The maximum absolute atomic E-state index is 11.6. The van der Waals surface area contributed by atoms with E-state index in [9.17, 15) is 20.4 Å². The largest absolute Gasteiger partial charge is 0.508 e. The van der Waals surface area contributed by atoms with Crippen LogP contribution >= 0.6 is 0 Å². The predicted octanol–water partition coefficient (Wildman–Crippen LogP) is 14.6. The van der Waals surface area contributed by atoms with E-state index in [-0.39, 0.29) is 5.92 Å². The summed E-state index contributed by atoms with van der Waals surface area (Å²) in [7, 11) is 0. The highest BCUT2D eigenvalue weighted by atomic mass is 16.3. The van der Waals surface area contributed by atoms with E-state index in [1.165, 1.54) is 99.3 Å². The average Bonchev–Trinajstić information content (AvgIpc) is 3.26. The molecule has 0 bridgehead atoms. The van der Waals surface area contributed by atoms with Crippen molar-refractivity contribution in [1.82, 2.24) is 0 Å². The van der Waals surface area contributed by atoms with Gasteiger partial charge in [0.1, 0.15) is 23.0 Å². The van der Waals surface area contributed by atoms with Gasteiger partial charge in [-0.1, -0.05) is 139 Å². The summed E-state index contributed by atoms with van der Waals surface area (Å²) in [6.07, 6.45) is 25.1. The number of phenols is 4. The van der Waals surface area contributed by atoms with Gasteiger partial charge in [-0.2, -0.15) is 0 Å². The van der Waals surface area contributed by atoms with Gasteiger partial charge in [0, 0.05) is 11.3 Å². The first kappa shape index (κ1) is 39.9. The number of hydrogen-bond acceptors (Lipinski definition) is 4. The molecular weight excluding hydrogens is 701 g/mol. The molecule has 4 nitrogen and oxygen atoms in total. The van der Waals surface area contributed by atoms with Crippen molar-refractivity contribution in [2.45, 2.75) is 183 Å². The Morgan fingerprint density at radius 1 is 0.421 bits per heavy atom. The molecule has 0 heterocycles. The molecule has 4 fully saturated rings. The molecule has 4 aliphatic carbocycles. The highest BCUT2D eigenvalue weighted by Gasteiger charge is 2.45. The third kappa shape index (κ3) is 8.22. The molecule has 0 atom stereocenters. The van der Waals surface area contributed by atoms with E-state index in [4.69, 9.17) is 0 Å². The minimum Gasteiger partial charge on any atom is -0.508 e. The van der Waals surface area contributed by atoms with Crippen LogP contribution in [0.1, 0.15) is 222 Å². The van der Waals surface area contributed by atoms with E-state index >= 15 is 0 Å². The third-order valence-corrected chi connectivity index (χ3v) is 15.2. The Balaban J connectivity index is 1.42. The van der Waals surface area contributed by atoms with Crippen LogP contribution in [0.5, 0.6) is 23.0 Å². The molecule has 4 saturated carbocycles. The lowest BCUT2D eigenvalue weighted by Gasteiger charge is -2.44. The number of aromatic hydroxyl groups is 4. The summed E-state index contributed by atoms with van der Waals surface area (Å²) in [5, 5.41) is 46.3. The topological polar surface area (TPSA) is 80.9 Å². The molecule has 0 amide bonds. The molecule has 8 rings (SSSR count). The molecule has 4 aromatic carbocycles. The lowest BCUT2D eigenvalue weighted by Crippen LogP contribution is -2.36. The fourth-order valence-corrected chi connectivity index (χ4v) is 12.2. The average molecular weight is 769 g/mol. The fraction of sp³-hybridized carbons (Fsp3) is 0.547. The number of rotatable bonds is 11. The Labute approximate surface area is 342 Å². The Bertz CT molecular complexity index is 1820. The first-order chi connectivity index (χ1) is 27.9. The van der Waals surface area contributed by atoms with Crippen LogP contribution in [-0.2, 0) is 5.41 Å². The molecule has 0 saturated heterocycles. The maximum atomic E-state index is 11.6. The first-order valence-corrected chi connectivity index (χ1v) is 23.2. The third-order valence-electron chi connectivity index (χ3n) is 15.2. The van der Waals surface area contributed by atoms with Gasteiger partial charge in [0.15, 0.2) is 0 Å². The molecule has 0 aliphatic heterocycles. The zero-order chi connectivity index (χ0) is 39.4. The summed E-state index contributed by atoms with van der Waals surface area (Å²) in [6, 6.07) is 26.0. The van der Waals surface area contributed by atoms with Crippen LogP contribution in [0.4, 0.5) is 0 Å². The van der Waals surface area contributed by atoms with Crippen LogP contribution in [0.15, 0.2) is 72.8 Å². The second-order valence-corrected chi connectivity index (χ2v) is 18.7. The number of benzene rings is 4. The zero-order valence-electron chi connectivity index (χ0n) is 34.7. The molecule has 4 heteroatoms. The summed E-state index contributed by atoms with van der Waals surface area (Å²) >= 11 is 0. The minimum absolute atomic E-state index is 0.171. The molecule has 4 aromatic rings.